The van der Waals surface area contributed by atoms with Crippen LogP contribution in [0.3, 0.4) is 0 Å². The number of nitrogens with one attached hydrogen (secondary N) is 1. The molecule has 1 atom stereocenters. The van der Waals surface area contributed by atoms with Crippen molar-refractivity contribution in [3.05, 3.63) is 75.2 Å². The van der Waals surface area contributed by atoms with Crippen LogP contribution in [0.15, 0.2) is 69.6 Å². The second kappa shape index (κ2) is 11.5. The van der Waals surface area contributed by atoms with Gasteiger partial charge in [0.1, 0.15) is 11.8 Å². The Morgan fingerprint density at radius 1 is 1.03 bits per heavy atom. The van der Waals surface area contributed by atoms with Crippen molar-refractivity contribution < 1.29 is 14.3 Å². The number of halogens is 2. The molecule has 0 saturated carbocycles. The molecule has 0 spiro atoms. The van der Waals surface area contributed by atoms with Crippen molar-refractivity contribution >= 4 is 54.4 Å². The molecule has 1 unspecified atom stereocenters. The predicted molar refractivity (Wildman–Crippen MR) is 135 cm³/mol. The standard InChI is InChI=1S/C25H26Br2N2O3/c1-3-14-28-25(31)17(2)29(15-18-8-11-20(26)12-9-18)23(30)16-32-22-13-10-19-6-4-5-7-21(19)24(22)27/h4-13,17H,3,14-16H2,1-2H3,(H,28,31). The summed E-state index contributed by atoms with van der Waals surface area (Å²) >= 11 is 7.02. The quantitative estimate of drug-likeness (QED) is 0.365. The van der Waals surface area contributed by atoms with Gasteiger partial charge in [-0.3, -0.25) is 9.59 Å². The van der Waals surface area contributed by atoms with Crippen molar-refractivity contribution in [2.45, 2.75) is 32.9 Å². The number of ether oxygens (including phenoxy) is 1. The van der Waals surface area contributed by atoms with Crippen molar-refractivity contribution in [2.24, 2.45) is 0 Å². The molecule has 0 aliphatic carbocycles. The Morgan fingerprint density at radius 3 is 2.47 bits per heavy atom. The van der Waals surface area contributed by atoms with Crippen LogP contribution in [0.4, 0.5) is 0 Å². The van der Waals surface area contributed by atoms with E-state index in [2.05, 4.69) is 37.2 Å². The minimum atomic E-state index is -0.624. The van der Waals surface area contributed by atoms with E-state index in [0.29, 0.717) is 18.8 Å². The molecule has 2 amide bonds. The summed E-state index contributed by atoms with van der Waals surface area (Å²) in [6.07, 6.45) is 0.832. The number of hydrogen-bond acceptors (Lipinski definition) is 3. The van der Waals surface area contributed by atoms with Crippen molar-refractivity contribution in [1.82, 2.24) is 10.2 Å². The van der Waals surface area contributed by atoms with E-state index in [1.807, 2.05) is 67.6 Å². The van der Waals surface area contributed by atoms with Gasteiger partial charge in [-0.2, -0.15) is 0 Å². The number of rotatable bonds is 9. The molecule has 32 heavy (non-hydrogen) atoms. The first-order valence-electron chi connectivity index (χ1n) is 10.5. The van der Waals surface area contributed by atoms with Crippen LogP contribution >= 0.6 is 31.9 Å². The average molecular weight is 562 g/mol. The van der Waals surface area contributed by atoms with E-state index in [1.165, 1.54) is 0 Å². The Hall–Kier alpha value is -2.38. The zero-order chi connectivity index (χ0) is 23.1. The smallest absolute Gasteiger partial charge is 0.261 e. The molecule has 0 saturated heterocycles. The number of carbonyl (C=O) groups excluding carboxylic acids is 2. The summed E-state index contributed by atoms with van der Waals surface area (Å²) in [5.41, 5.74) is 0.934. The molecule has 0 heterocycles. The lowest BCUT2D eigenvalue weighted by Gasteiger charge is -2.29. The zero-order valence-corrected chi connectivity index (χ0v) is 21.3. The first kappa shape index (κ1) is 24.3. The van der Waals surface area contributed by atoms with Gasteiger partial charge in [0.15, 0.2) is 6.61 Å². The largest absolute Gasteiger partial charge is 0.483 e. The Balaban J connectivity index is 1.77. The summed E-state index contributed by atoms with van der Waals surface area (Å²) in [5.74, 6) is 0.153. The summed E-state index contributed by atoms with van der Waals surface area (Å²) in [5, 5.41) is 4.97. The average Bonchev–Trinajstić information content (AvgIpc) is 2.81. The van der Waals surface area contributed by atoms with Gasteiger partial charge in [-0.05, 0) is 63.8 Å². The minimum absolute atomic E-state index is 0.168. The number of fused-ring (bicyclic) bond motifs is 1. The molecular formula is C25H26Br2N2O3. The summed E-state index contributed by atoms with van der Waals surface area (Å²) in [7, 11) is 0. The van der Waals surface area contributed by atoms with Crippen LogP contribution in [0.25, 0.3) is 10.8 Å². The number of benzene rings is 3. The maximum Gasteiger partial charge on any atom is 0.261 e. The van der Waals surface area contributed by atoms with Crippen LogP contribution in [-0.4, -0.2) is 35.9 Å². The first-order chi connectivity index (χ1) is 15.4. The third-order valence-electron chi connectivity index (χ3n) is 5.16. The van der Waals surface area contributed by atoms with Gasteiger partial charge in [0.25, 0.3) is 5.91 Å². The minimum Gasteiger partial charge on any atom is -0.483 e. The lowest BCUT2D eigenvalue weighted by Crippen LogP contribution is -2.49. The molecule has 0 aliphatic heterocycles. The molecule has 7 heteroatoms. The van der Waals surface area contributed by atoms with Crippen LogP contribution < -0.4 is 10.1 Å². The highest BCUT2D eigenvalue weighted by molar-refractivity contribution is 9.11. The van der Waals surface area contributed by atoms with Crippen LogP contribution in [0.5, 0.6) is 5.75 Å². The molecule has 168 valence electrons. The van der Waals surface area contributed by atoms with Gasteiger partial charge in [-0.25, -0.2) is 0 Å². The maximum absolute atomic E-state index is 13.2. The number of nitrogens with zero attached hydrogens (tertiary/aromatic N) is 1. The fourth-order valence-corrected chi connectivity index (χ4v) is 4.18. The summed E-state index contributed by atoms with van der Waals surface area (Å²) in [6.45, 7) is 4.45. The highest BCUT2D eigenvalue weighted by Crippen LogP contribution is 2.33. The predicted octanol–water partition coefficient (Wildman–Crippen LogP) is 5.69. The maximum atomic E-state index is 13.2. The molecule has 1 N–H and O–H groups in total. The molecule has 0 aliphatic rings. The lowest BCUT2D eigenvalue weighted by molar-refractivity contribution is -0.142. The number of amides is 2. The molecule has 3 rings (SSSR count). The van der Waals surface area contributed by atoms with Crippen LogP contribution in [0.2, 0.25) is 0 Å². The molecule has 3 aromatic rings. The summed E-state index contributed by atoms with van der Waals surface area (Å²) in [6, 6.07) is 18.8. The monoisotopic (exact) mass is 560 g/mol. The molecule has 0 fully saturated rings. The van der Waals surface area contributed by atoms with Gasteiger partial charge in [-0.15, -0.1) is 0 Å². The normalized spacial score (nSPS) is 11.8. The molecule has 0 aromatic heterocycles. The Morgan fingerprint density at radius 2 is 1.75 bits per heavy atom. The third-order valence-corrected chi connectivity index (χ3v) is 6.51. The highest BCUT2D eigenvalue weighted by Gasteiger charge is 2.26. The summed E-state index contributed by atoms with van der Waals surface area (Å²) < 4.78 is 7.64. The van der Waals surface area contributed by atoms with E-state index >= 15 is 0 Å². The van der Waals surface area contributed by atoms with E-state index in [4.69, 9.17) is 4.74 Å². The van der Waals surface area contributed by atoms with E-state index in [9.17, 15) is 9.59 Å². The Bertz CT molecular complexity index is 1090. The van der Waals surface area contributed by atoms with Crippen molar-refractivity contribution in [2.75, 3.05) is 13.2 Å². The second-order valence-electron chi connectivity index (χ2n) is 7.50. The van der Waals surface area contributed by atoms with Gasteiger partial charge < -0.3 is 15.0 Å². The van der Waals surface area contributed by atoms with Crippen molar-refractivity contribution in [3.8, 4) is 5.75 Å². The molecular weight excluding hydrogens is 536 g/mol. The molecule has 5 nitrogen and oxygen atoms in total. The zero-order valence-electron chi connectivity index (χ0n) is 18.1. The van der Waals surface area contributed by atoms with E-state index < -0.39 is 6.04 Å². The van der Waals surface area contributed by atoms with Gasteiger partial charge >= 0.3 is 0 Å². The Kier molecular flexibility index (Phi) is 8.70. The first-order valence-corrected chi connectivity index (χ1v) is 12.1. The van der Waals surface area contributed by atoms with Crippen LogP contribution in [0, 0.1) is 0 Å². The second-order valence-corrected chi connectivity index (χ2v) is 9.21. The van der Waals surface area contributed by atoms with Gasteiger partial charge in [0, 0.05) is 17.6 Å². The van der Waals surface area contributed by atoms with E-state index in [1.54, 1.807) is 11.8 Å². The van der Waals surface area contributed by atoms with Crippen LogP contribution in [0.1, 0.15) is 25.8 Å². The van der Waals surface area contributed by atoms with Gasteiger partial charge in [0.2, 0.25) is 5.91 Å². The highest BCUT2D eigenvalue weighted by atomic mass is 79.9. The Labute approximate surface area is 205 Å². The number of hydrogen-bond donors (Lipinski definition) is 1. The van der Waals surface area contributed by atoms with Crippen molar-refractivity contribution in [3.63, 3.8) is 0 Å². The molecule has 0 bridgehead atoms. The van der Waals surface area contributed by atoms with E-state index in [-0.39, 0.29) is 18.4 Å². The fraction of sp³-hybridized carbons (Fsp3) is 0.280. The SMILES string of the molecule is CCCNC(=O)C(C)N(Cc1ccc(Br)cc1)C(=O)COc1ccc2ccccc2c1Br. The van der Waals surface area contributed by atoms with Crippen LogP contribution in [-0.2, 0) is 16.1 Å². The van der Waals surface area contributed by atoms with Gasteiger partial charge in [-0.1, -0.05) is 65.3 Å². The summed E-state index contributed by atoms with van der Waals surface area (Å²) in [4.78, 5) is 27.3. The number of carbonyl (C=O) groups is 2. The van der Waals surface area contributed by atoms with Crippen molar-refractivity contribution in [1.29, 1.82) is 0 Å². The topological polar surface area (TPSA) is 58.6 Å². The van der Waals surface area contributed by atoms with E-state index in [0.717, 1.165) is 31.7 Å². The third kappa shape index (κ3) is 6.11. The molecule has 0 radical (unpaired) electrons. The molecule has 3 aromatic carbocycles. The lowest BCUT2D eigenvalue weighted by atomic mass is 10.1. The fourth-order valence-electron chi connectivity index (χ4n) is 3.31. The van der Waals surface area contributed by atoms with Gasteiger partial charge in [0.05, 0.1) is 4.47 Å².